The standard InChI is InChI=1S/2C7H15N2O.C2F6NO4S2.CH2F3N.CF3.ClH.Li.2O2S/c2*1-9(2,3)6-7(10)4-5-8;3-1(4,5)14(10,11)9-15(12,13)2(6,7)8;2-1(3,4)5;2-1(3)4;;;2*1-3-2/h2*7,10H,4,6H2,1-3H3;;5H2;;1H;;;/q2*+1;-1;;-1;;+1;;/p-1/t2*7-;;;;;;;/m00......./s1. The Morgan fingerprint density at radius 2 is 0.846 bits per heavy atom. The van der Waals surface area contributed by atoms with Gasteiger partial charge in [-0.2, -0.15) is 66.9 Å². The van der Waals surface area contributed by atoms with Crippen LogP contribution >= 0.6 is 0 Å². The van der Waals surface area contributed by atoms with Gasteiger partial charge in [0.1, 0.15) is 25.3 Å². The molecule has 34 heteroatoms. The molecule has 52 heavy (non-hydrogen) atoms. The van der Waals surface area contributed by atoms with Crippen molar-refractivity contribution < 1.29 is 137 Å². The molecule has 0 aromatic carbocycles. The molecule has 0 aromatic rings. The third-order valence-electron chi connectivity index (χ3n) is 2.95. The summed E-state index contributed by atoms with van der Waals surface area (Å²) in [6.07, 6.45) is -5.00. The summed E-state index contributed by atoms with van der Waals surface area (Å²) >= 11 is -1.50. The molecule has 2 atom stereocenters. The number of hydrogen-bond donors (Lipinski definition) is 3. The number of alkyl halides is 9. The summed E-state index contributed by atoms with van der Waals surface area (Å²) in [5.41, 5.74) is -9.05. The number of hydrogen-bond acceptors (Lipinski definition) is 13. The zero-order chi connectivity index (χ0) is 42.6. The van der Waals surface area contributed by atoms with Gasteiger partial charge in [-0.25, -0.2) is 22.6 Å². The Labute approximate surface area is 316 Å². The fourth-order valence-electron chi connectivity index (χ4n) is 1.82. The van der Waals surface area contributed by atoms with Gasteiger partial charge in [0.05, 0.1) is 67.3 Å². The number of quaternary nitrogens is 2. The molecule has 0 saturated carbocycles. The van der Waals surface area contributed by atoms with Crippen LogP contribution in [0, 0.1) is 29.3 Å². The van der Waals surface area contributed by atoms with Crippen LogP contribution in [0.25, 0.3) is 4.13 Å². The molecule has 0 unspecified atom stereocenters. The van der Waals surface area contributed by atoms with Gasteiger partial charge in [-0.15, -0.1) is 0 Å². The van der Waals surface area contributed by atoms with Crippen LogP contribution in [-0.2, 0) is 43.2 Å². The molecular formula is C18H32ClF12LiN6O10S4. The number of sulfonamides is 2. The number of likely N-dealkylation sites (N-methyl/N-ethyl adjacent to an activating group) is 2. The molecule has 0 spiro atoms. The predicted molar refractivity (Wildman–Crippen MR) is 146 cm³/mol. The van der Waals surface area contributed by atoms with Crippen molar-refractivity contribution in [2.75, 3.05) is 55.4 Å². The first-order chi connectivity index (χ1) is 21.7. The minimum Gasteiger partial charge on any atom is -1.00 e. The topological polar surface area (TPSA) is 265 Å². The maximum absolute atomic E-state index is 11.4. The molecule has 0 amide bonds. The molecule has 0 radical (unpaired) electrons. The Hall–Kier alpha value is -1.67. The van der Waals surface area contributed by atoms with E-state index in [9.17, 15) is 69.5 Å². The first-order valence-corrected chi connectivity index (χ1v) is 15.5. The number of aliphatic hydroxyl groups excluding tert-OH is 2. The van der Waals surface area contributed by atoms with E-state index < -0.39 is 79.4 Å². The van der Waals surface area contributed by atoms with Crippen molar-refractivity contribution in [1.29, 1.82) is 10.5 Å². The molecule has 0 aliphatic carbocycles. The van der Waals surface area contributed by atoms with E-state index in [0.717, 1.165) is 4.13 Å². The van der Waals surface area contributed by atoms with Crippen molar-refractivity contribution in [3.63, 3.8) is 0 Å². The Balaban J connectivity index is -0.0000000637. The van der Waals surface area contributed by atoms with Crippen LogP contribution in [0.15, 0.2) is 0 Å². The molecule has 0 aliphatic rings. The fraction of sp³-hybridized carbons (Fsp3) is 0.833. The van der Waals surface area contributed by atoms with E-state index in [-0.39, 0.29) is 44.1 Å². The van der Waals surface area contributed by atoms with Crippen molar-refractivity contribution in [1.82, 2.24) is 0 Å². The van der Waals surface area contributed by atoms with E-state index in [1.54, 1.807) is 0 Å². The van der Waals surface area contributed by atoms with Crippen molar-refractivity contribution in [2.45, 2.75) is 42.4 Å². The van der Waals surface area contributed by atoms with E-state index in [0.29, 0.717) is 22.1 Å². The third-order valence-corrected chi connectivity index (χ3v) is 5.69. The fourth-order valence-corrected chi connectivity index (χ4v) is 3.53. The normalized spacial score (nSPS) is 12.2. The molecular weight excluding hydrogens is 859 g/mol. The van der Waals surface area contributed by atoms with Crippen LogP contribution < -0.4 is 37.0 Å². The number of nitrogens with zero attached hydrogens (tertiary/aromatic N) is 5. The molecule has 16 nitrogen and oxygen atoms in total. The minimum absolute atomic E-state index is 0. The minimum atomic E-state index is -6.72. The Bertz CT molecular complexity index is 1180. The van der Waals surface area contributed by atoms with Gasteiger partial charge in [-0.1, -0.05) is 0 Å². The first kappa shape index (κ1) is 71.7. The second kappa shape index (κ2) is 33.9. The van der Waals surface area contributed by atoms with Gasteiger partial charge in [0.15, 0.2) is 26.7 Å². The van der Waals surface area contributed by atoms with Gasteiger partial charge in [-0.3, -0.25) is 0 Å². The van der Waals surface area contributed by atoms with Crippen molar-refractivity contribution >= 4 is 43.2 Å². The van der Waals surface area contributed by atoms with E-state index >= 15 is 0 Å². The third kappa shape index (κ3) is 73.7. The molecule has 0 bridgehead atoms. The number of nitrogens with two attached hydrogens (primary N) is 1. The van der Waals surface area contributed by atoms with Crippen LogP contribution in [0.4, 0.5) is 52.7 Å². The molecule has 310 valence electrons. The average molecular weight is 891 g/mol. The van der Waals surface area contributed by atoms with Crippen LogP contribution in [0.3, 0.4) is 0 Å². The molecule has 4 N–H and O–H groups in total. The summed E-state index contributed by atoms with van der Waals surface area (Å²) in [6, 6.07) is 3.86. The first-order valence-electron chi connectivity index (χ1n) is 11.3. The predicted octanol–water partition coefficient (Wildman–Crippen LogP) is -4.53. The van der Waals surface area contributed by atoms with Gasteiger partial charge in [0.2, 0.25) is 0 Å². The Kier molecular flexibility index (Phi) is 46.7. The second-order valence-corrected chi connectivity index (χ2v) is 13.5. The zero-order valence-electron chi connectivity index (χ0n) is 27.5. The smallest absolute Gasteiger partial charge is 1.00 e. The summed E-state index contributed by atoms with van der Waals surface area (Å²) in [5.74, 6) is 0. The van der Waals surface area contributed by atoms with Gasteiger partial charge in [0, 0.05) is 0 Å². The molecule has 0 saturated heterocycles. The van der Waals surface area contributed by atoms with E-state index in [4.69, 9.17) is 37.6 Å². The largest absolute Gasteiger partial charge is 1.00 e. The van der Waals surface area contributed by atoms with Crippen molar-refractivity contribution in [3.8, 4) is 12.1 Å². The Morgan fingerprint density at radius 3 is 0.942 bits per heavy atom. The van der Waals surface area contributed by atoms with Crippen LogP contribution in [-0.4, -0.2) is 138 Å². The van der Waals surface area contributed by atoms with Crippen LogP contribution in [0.1, 0.15) is 12.8 Å². The van der Waals surface area contributed by atoms with E-state index in [1.807, 2.05) is 54.4 Å². The second-order valence-electron chi connectivity index (χ2n) is 9.79. The molecule has 0 rings (SSSR count). The van der Waals surface area contributed by atoms with Crippen LogP contribution in [0.5, 0.6) is 0 Å². The number of nitriles is 2. The molecule has 0 heterocycles. The zero-order valence-corrected chi connectivity index (χ0v) is 31.5. The Morgan fingerprint density at radius 1 is 0.692 bits per heavy atom. The number of rotatable bonds is 8. The SMILES string of the molecule is C[N+](C)(C)C[C@@H](O)CC#N.C[N+](C)(C)C[C@@H](O)CC#N.F[C-](F)F.NC(F)(F)F.O=S(=O)([N-]S(=O)(=O)C(F)(F)F)C(F)(F)F.O=S=O.O=S=O.[Cl-].[Li+]. The van der Waals surface area contributed by atoms with Gasteiger partial charge < -0.3 is 48.9 Å². The monoisotopic (exact) mass is 890 g/mol. The maximum Gasteiger partial charge on any atom is 1.00 e. The summed E-state index contributed by atoms with van der Waals surface area (Å²) in [7, 11) is -1.52. The van der Waals surface area contributed by atoms with E-state index in [2.05, 4.69) is 5.73 Å². The summed E-state index contributed by atoms with van der Waals surface area (Å²) in [4.78, 5) is 0. The maximum atomic E-state index is 11.4. The quantitative estimate of drug-likeness (QED) is 0.0683. The van der Waals surface area contributed by atoms with Crippen molar-refractivity contribution in [2.24, 2.45) is 5.73 Å². The average Bonchev–Trinajstić information content (AvgIpc) is 2.75. The van der Waals surface area contributed by atoms with Crippen molar-refractivity contribution in [3.05, 3.63) is 10.8 Å². The molecule has 0 aliphatic heterocycles. The summed E-state index contributed by atoms with van der Waals surface area (Å²) < 4.78 is 203. The molecule has 0 fully saturated rings. The number of aliphatic hydroxyl groups is 2. The van der Waals surface area contributed by atoms with Crippen LogP contribution in [0.2, 0.25) is 0 Å². The number of halogens is 13. The summed E-state index contributed by atoms with van der Waals surface area (Å²) in [5, 5.41) is 34.7. The van der Waals surface area contributed by atoms with Gasteiger partial charge >= 0.3 is 59.3 Å². The molecule has 0 aromatic heterocycles. The van der Waals surface area contributed by atoms with Gasteiger partial charge in [0.25, 0.3) is 0 Å². The van der Waals surface area contributed by atoms with Gasteiger partial charge in [-0.05, 0) is 0 Å². The van der Waals surface area contributed by atoms with E-state index in [1.165, 1.54) is 0 Å². The summed E-state index contributed by atoms with van der Waals surface area (Å²) in [6.45, 7) is -1.82.